The summed E-state index contributed by atoms with van der Waals surface area (Å²) in [5.41, 5.74) is 0.230. The second kappa shape index (κ2) is 4.09. The average Bonchev–Trinajstić information content (AvgIpc) is 2.77. The Bertz CT molecular complexity index is 524. The average molecular weight is 221 g/mol. The molecule has 0 N–H and O–H groups in total. The summed E-state index contributed by atoms with van der Waals surface area (Å²) in [7, 11) is 1.24. The summed E-state index contributed by atoms with van der Waals surface area (Å²) in [6.45, 7) is 0. The second-order valence-electron chi connectivity index (χ2n) is 2.97. The van der Waals surface area contributed by atoms with Crippen LogP contribution in [0, 0.1) is 5.82 Å². The molecular weight excluding hydrogens is 213 g/mol. The minimum atomic E-state index is -0.617. The Kier molecular flexibility index (Phi) is 2.63. The maximum atomic E-state index is 13.5. The summed E-state index contributed by atoms with van der Waals surface area (Å²) in [6.07, 6.45) is 1.22. The van der Waals surface area contributed by atoms with Crippen molar-refractivity contribution in [1.82, 2.24) is 15.0 Å². The standard InChI is InChI=1S/C10H8FN3O2/c1-16-10(15)9-6-12-13-14(9)8-5-3-2-4-7(8)11/h2-6H,1H3. The van der Waals surface area contributed by atoms with Gasteiger partial charge in [-0.3, -0.25) is 0 Å². The Balaban J connectivity index is 2.53. The molecule has 0 saturated heterocycles. The van der Waals surface area contributed by atoms with Crippen molar-refractivity contribution in [2.24, 2.45) is 0 Å². The molecule has 0 unspecified atom stereocenters. The van der Waals surface area contributed by atoms with Gasteiger partial charge in [-0.25, -0.2) is 13.9 Å². The highest BCUT2D eigenvalue weighted by molar-refractivity contribution is 5.87. The van der Waals surface area contributed by atoms with Gasteiger partial charge in [0.1, 0.15) is 11.5 Å². The molecule has 2 aromatic rings. The van der Waals surface area contributed by atoms with Crippen molar-refractivity contribution >= 4 is 5.97 Å². The zero-order chi connectivity index (χ0) is 11.5. The maximum absolute atomic E-state index is 13.5. The van der Waals surface area contributed by atoms with Gasteiger partial charge in [-0.1, -0.05) is 17.3 Å². The topological polar surface area (TPSA) is 57.0 Å². The normalized spacial score (nSPS) is 10.1. The lowest BCUT2D eigenvalue weighted by Gasteiger charge is -2.04. The van der Waals surface area contributed by atoms with Crippen molar-refractivity contribution in [3.63, 3.8) is 0 Å². The second-order valence-corrected chi connectivity index (χ2v) is 2.97. The lowest BCUT2D eigenvalue weighted by atomic mass is 10.3. The van der Waals surface area contributed by atoms with Crippen molar-refractivity contribution in [2.75, 3.05) is 7.11 Å². The van der Waals surface area contributed by atoms with Gasteiger partial charge < -0.3 is 4.74 Å². The van der Waals surface area contributed by atoms with Crippen LogP contribution in [0.1, 0.15) is 10.5 Å². The first kappa shape index (κ1) is 10.3. The summed E-state index contributed by atoms with van der Waals surface area (Å²) < 4.78 is 19.1. The van der Waals surface area contributed by atoms with Gasteiger partial charge in [0.2, 0.25) is 0 Å². The smallest absolute Gasteiger partial charge is 0.358 e. The number of carbonyl (C=O) groups excluding carboxylic acids is 1. The number of rotatable bonds is 2. The fourth-order valence-corrected chi connectivity index (χ4v) is 1.28. The predicted molar refractivity (Wildman–Crippen MR) is 52.7 cm³/mol. The monoisotopic (exact) mass is 221 g/mol. The number of aromatic nitrogens is 3. The summed E-state index contributed by atoms with van der Waals surface area (Å²) in [5.74, 6) is -1.11. The number of esters is 1. The quantitative estimate of drug-likeness (QED) is 0.715. The fourth-order valence-electron chi connectivity index (χ4n) is 1.28. The Hall–Kier alpha value is -2.24. The van der Waals surface area contributed by atoms with E-state index in [2.05, 4.69) is 15.0 Å². The number of hydrogen-bond acceptors (Lipinski definition) is 4. The van der Waals surface area contributed by atoms with Crippen LogP contribution in [0.25, 0.3) is 5.69 Å². The van der Waals surface area contributed by atoms with Gasteiger partial charge in [-0.2, -0.15) is 0 Å². The van der Waals surface area contributed by atoms with E-state index in [1.165, 1.54) is 25.4 Å². The summed E-state index contributed by atoms with van der Waals surface area (Å²) in [5, 5.41) is 7.20. The Labute approximate surface area is 90.5 Å². The number of benzene rings is 1. The van der Waals surface area contributed by atoms with Crippen LogP contribution in [0.2, 0.25) is 0 Å². The molecule has 0 fully saturated rings. The van der Waals surface area contributed by atoms with E-state index in [9.17, 15) is 9.18 Å². The number of nitrogens with zero attached hydrogens (tertiary/aromatic N) is 3. The van der Waals surface area contributed by atoms with E-state index >= 15 is 0 Å². The van der Waals surface area contributed by atoms with Gasteiger partial charge >= 0.3 is 5.97 Å². The molecule has 0 aliphatic heterocycles. The van der Waals surface area contributed by atoms with Gasteiger partial charge in [0.05, 0.1) is 13.3 Å². The molecule has 0 bridgehead atoms. The van der Waals surface area contributed by atoms with Crippen LogP contribution >= 0.6 is 0 Å². The molecule has 2 rings (SSSR count). The molecule has 1 aromatic heterocycles. The van der Waals surface area contributed by atoms with Crippen LogP contribution in [-0.2, 0) is 4.74 Å². The third kappa shape index (κ3) is 1.65. The lowest BCUT2D eigenvalue weighted by Crippen LogP contribution is -2.11. The Morgan fingerprint density at radius 1 is 1.44 bits per heavy atom. The van der Waals surface area contributed by atoms with Crippen molar-refractivity contribution < 1.29 is 13.9 Å². The van der Waals surface area contributed by atoms with Crippen molar-refractivity contribution in [3.8, 4) is 5.69 Å². The molecule has 16 heavy (non-hydrogen) atoms. The number of halogens is 1. The fraction of sp³-hybridized carbons (Fsp3) is 0.100. The lowest BCUT2D eigenvalue weighted by molar-refractivity contribution is 0.0590. The van der Waals surface area contributed by atoms with E-state index in [4.69, 9.17) is 0 Å². The minimum absolute atomic E-state index is 0.0765. The van der Waals surface area contributed by atoms with Crippen molar-refractivity contribution in [1.29, 1.82) is 0 Å². The van der Waals surface area contributed by atoms with E-state index in [-0.39, 0.29) is 11.4 Å². The van der Waals surface area contributed by atoms with E-state index in [0.29, 0.717) is 0 Å². The minimum Gasteiger partial charge on any atom is -0.464 e. The molecule has 5 nitrogen and oxygen atoms in total. The predicted octanol–water partition coefficient (Wildman–Crippen LogP) is 1.19. The zero-order valence-electron chi connectivity index (χ0n) is 8.42. The summed E-state index contributed by atoms with van der Waals surface area (Å²) in [4.78, 5) is 11.3. The van der Waals surface area contributed by atoms with Gasteiger partial charge in [0.25, 0.3) is 0 Å². The first-order valence-corrected chi connectivity index (χ1v) is 4.48. The van der Waals surface area contributed by atoms with E-state index < -0.39 is 11.8 Å². The van der Waals surface area contributed by atoms with Crippen LogP contribution in [0.3, 0.4) is 0 Å². The molecule has 0 amide bonds. The number of para-hydroxylation sites is 1. The van der Waals surface area contributed by atoms with Crippen LogP contribution in [0.15, 0.2) is 30.5 Å². The van der Waals surface area contributed by atoms with Crippen LogP contribution in [-0.4, -0.2) is 28.1 Å². The maximum Gasteiger partial charge on any atom is 0.358 e. The molecule has 0 radical (unpaired) electrons. The third-order valence-corrected chi connectivity index (χ3v) is 2.02. The summed E-state index contributed by atoms with van der Waals surface area (Å²) in [6, 6.07) is 5.96. The first-order chi connectivity index (χ1) is 7.74. The van der Waals surface area contributed by atoms with Gasteiger partial charge in [0.15, 0.2) is 5.69 Å². The molecule has 0 atom stereocenters. The Morgan fingerprint density at radius 2 is 2.19 bits per heavy atom. The largest absolute Gasteiger partial charge is 0.464 e. The van der Waals surface area contributed by atoms with E-state index in [1.54, 1.807) is 12.1 Å². The first-order valence-electron chi connectivity index (χ1n) is 4.48. The van der Waals surface area contributed by atoms with Gasteiger partial charge in [-0.05, 0) is 12.1 Å². The van der Waals surface area contributed by atoms with Crippen LogP contribution in [0.4, 0.5) is 4.39 Å². The molecule has 0 aliphatic rings. The van der Waals surface area contributed by atoms with Gasteiger partial charge in [-0.15, -0.1) is 5.10 Å². The Morgan fingerprint density at radius 3 is 2.88 bits per heavy atom. The SMILES string of the molecule is COC(=O)c1cnnn1-c1ccccc1F. The number of hydrogen-bond donors (Lipinski definition) is 0. The highest BCUT2D eigenvalue weighted by Gasteiger charge is 2.16. The van der Waals surface area contributed by atoms with E-state index in [0.717, 1.165) is 4.68 Å². The summed E-state index contributed by atoms with van der Waals surface area (Å²) >= 11 is 0. The number of methoxy groups -OCH3 is 1. The van der Waals surface area contributed by atoms with Crippen molar-refractivity contribution in [3.05, 3.63) is 42.0 Å². The molecule has 0 aliphatic carbocycles. The highest BCUT2D eigenvalue weighted by atomic mass is 19.1. The molecule has 1 aromatic carbocycles. The molecular formula is C10H8FN3O2. The van der Waals surface area contributed by atoms with Crippen LogP contribution in [0.5, 0.6) is 0 Å². The van der Waals surface area contributed by atoms with Crippen LogP contribution < -0.4 is 0 Å². The zero-order valence-corrected chi connectivity index (χ0v) is 8.42. The number of ether oxygens (including phenoxy) is 1. The molecule has 0 spiro atoms. The molecule has 6 heteroatoms. The molecule has 1 heterocycles. The van der Waals surface area contributed by atoms with E-state index in [1.807, 2.05) is 0 Å². The number of carbonyl (C=O) groups is 1. The van der Waals surface area contributed by atoms with Crippen molar-refractivity contribution in [2.45, 2.75) is 0 Å². The van der Waals surface area contributed by atoms with Gasteiger partial charge in [0, 0.05) is 0 Å². The third-order valence-electron chi connectivity index (χ3n) is 2.02. The molecule has 82 valence electrons. The highest BCUT2D eigenvalue weighted by Crippen LogP contribution is 2.13. The molecule has 0 saturated carbocycles.